The van der Waals surface area contributed by atoms with E-state index in [4.69, 9.17) is 12.2 Å². The van der Waals surface area contributed by atoms with Gasteiger partial charge in [0.25, 0.3) is 0 Å². The molecule has 1 atom stereocenters. The summed E-state index contributed by atoms with van der Waals surface area (Å²) in [6.45, 7) is -1.75. The molecule has 0 fully saturated rings. The van der Waals surface area contributed by atoms with E-state index in [9.17, 15) is 8.78 Å². The Morgan fingerprint density at radius 2 is 2.00 bits per heavy atom. The molecule has 0 bridgehead atoms. The lowest BCUT2D eigenvalue weighted by atomic mass is 10.1. The first kappa shape index (κ1) is 14.4. The lowest BCUT2D eigenvalue weighted by Crippen LogP contribution is -2.28. The maximum Gasteiger partial charge on any atom is 0.387 e. The van der Waals surface area contributed by atoms with Crippen LogP contribution in [0.2, 0.25) is 0 Å². The smallest absolute Gasteiger partial charge is 0.387 e. The van der Waals surface area contributed by atoms with Crippen molar-refractivity contribution in [2.45, 2.75) is 19.1 Å². The van der Waals surface area contributed by atoms with Crippen LogP contribution < -0.4 is 15.8 Å². The van der Waals surface area contributed by atoms with Crippen LogP contribution in [0, 0.1) is 12.3 Å². The lowest BCUT2D eigenvalue weighted by molar-refractivity contribution is -0.0498. The van der Waals surface area contributed by atoms with Crippen LogP contribution in [0.4, 0.5) is 8.78 Å². The largest absolute Gasteiger partial charge is 0.435 e. The number of halogens is 2. The fraction of sp³-hybridized carbons (Fsp3) is 0.385. The molecule has 1 unspecified atom stereocenters. The predicted octanol–water partition coefficient (Wildman–Crippen LogP) is 1.90. The minimum absolute atomic E-state index is 0.0426. The molecule has 0 radical (unpaired) electrons. The summed E-state index contributed by atoms with van der Waals surface area (Å²) in [4.78, 5) is 0. The van der Waals surface area contributed by atoms with Crippen LogP contribution in [0.5, 0.6) is 5.75 Å². The molecule has 0 aliphatic rings. The van der Waals surface area contributed by atoms with Crippen molar-refractivity contribution in [3.05, 3.63) is 29.8 Å². The van der Waals surface area contributed by atoms with E-state index in [-0.39, 0.29) is 11.8 Å². The van der Waals surface area contributed by atoms with E-state index >= 15 is 0 Å². The van der Waals surface area contributed by atoms with Crippen molar-refractivity contribution in [3.8, 4) is 18.1 Å². The number of nitrogens with one attached hydrogen (secondary N) is 1. The van der Waals surface area contributed by atoms with Gasteiger partial charge in [-0.15, -0.1) is 12.3 Å². The summed E-state index contributed by atoms with van der Waals surface area (Å²) in [5.41, 5.74) is 6.55. The van der Waals surface area contributed by atoms with Gasteiger partial charge < -0.3 is 15.8 Å². The number of rotatable bonds is 7. The van der Waals surface area contributed by atoms with Crippen molar-refractivity contribution in [2.24, 2.45) is 5.73 Å². The molecular formula is C13H16F2N2O. The zero-order valence-electron chi connectivity index (χ0n) is 9.90. The van der Waals surface area contributed by atoms with Crippen LogP contribution in [0.25, 0.3) is 0 Å². The van der Waals surface area contributed by atoms with Gasteiger partial charge in [0, 0.05) is 25.6 Å². The average Bonchev–Trinajstić information content (AvgIpc) is 2.35. The second kappa shape index (κ2) is 7.64. The third kappa shape index (κ3) is 4.70. The zero-order valence-corrected chi connectivity index (χ0v) is 9.90. The molecule has 18 heavy (non-hydrogen) atoms. The van der Waals surface area contributed by atoms with Crippen molar-refractivity contribution < 1.29 is 13.5 Å². The topological polar surface area (TPSA) is 47.3 Å². The third-order valence-corrected chi connectivity index (χ3v) is 2.40. The van der Waals surface area contributed by atoms with Gasteiger partial charge in [-0.2, -0.15) is 8.78 Å². The molecule has 1 rings (SSSR count). The van der Waals surface area contributed by atoms with Crippen LogP contribution in [0.15, 0.2) is 24.3 Å². The highest BCUT2D eigenvalue weighted by molar-refractivity contribution is 5.29. The number of nitrogens with two attached hydrogens (primary N) is 1. The number of alkyl halides is 2. The van der Waals surface area contributed by atoms with Crippen molar-refractivity contribution in [1.29, 1.82) is 0 Å². The Morgan fingerprint density at radius 1 is 1.33 bits per heavy atom. The number of terminal acetylenes is 1. The first-order valence-electron chi connectivity index (χ1n) is 5.59. The van der Waals surface area contributed by atoms with Gasteiger partial charge in [-0.25, -0.2) is 0 Å². The molecule has 0 saturated heterocycles. The minimum atomic E-state index is -2.81. The molecule has 0 aromatic heterocycles. The molecule has 0 saturated carbocycles. The van der Waals surface area contributed by atoms with Crippen molar-refractivity contribution in [1.82, 2.24) is 5.32 Å². The van der Waals surface area contributed by atoms with Crippen molar-refractivity contribution in [3.63, 3.8) is 0 Å². The van der Waals surface area contributed by atoms with Crippen molar-refractivity contribution in [2.75, 3.05) is 13.1 Å². The van der Waals surface area contributed by atoms with Gasteiger partial charge in [0.2, 0.25) is 0 Å². The lowest BCUT2D eigenvalue weighted by Gasteiger charge is -2.17. The highest BCUT2D eigenvalue weighted by Gasteiger charge is 2.09. The summed E-state index contributed by atoms with van der Waals surface area (Å²) in [5, 5.41) is 3.19. The van der Waals surface area contributed by atoms with E-state index in [0.29, 0.717) is 19.5 Å². The van der Waals surface area contributed by atoms with Gasteiger partial charge in [-0.3, -0.25) is 0 Å². The Kier molecular flexibility index (Phi) is 6.12. The summed E-state index contributed by atoms with van der Waals surface area (Å²) in [5.74, 6) is 2.66. The second-order valence-electron chi connectivity index (χ2n) is 3.64. The van der Waals surface area contributed by atoms with Gasteiger partial charge in [-0.1, -0.05) is 12.1 Å². The third-order valence-electron chi connectivity index (χ3n) is 2.40. The molecule has 0 aliphatic carbocycles. The van der Waals surface area contributed by atoms with Crippen molar-refractivity contribution >= 4 is 0 Å². The van der Waals surface area contributed by atoms with E-state index in [0.717, 1.165) is 5.56 Å². The molecule has 0 aliphatic heterocycles. The molecule has 3 N–H and O–H groups in total. The average molecular weight is 254 g/mol. The molecule has 0 amide bonds. The Labute approximate surface area is 105 Å². The quantitative estimate of drug-likeness (QED) is 0.577. The molecule has 5 heteroatoms. The van der Waals surface area contributed by atoms with Gasteiger partial charge in [0.1, 0.15) is 5.75 Å². The summed E-state index contributed by atoms with van der Waals surface area (Å²) >= 11 is 0. The maximum atomic E-state index is 12.0. The number of hydrogen-bond donors (Lipinski definition) is 2. The Hall–Kier alpha value is -1.64. The highest BCUT2D eigenvalue weighted by atomic mass is 19.3. The van der Waals surface area contributed by atoms with Gasteiger partial charge in [0.05, 0.1) is 0 Å². The number of benzene rings is 1. The highest BCUT2D eigenvalue weighted by Crippen LogP contribution is 2.18. The maximum absolute atomic E-state index is 12.0. The Morgan fingerprint density at radius 3 is 2.50 bits per heavy atom. The summed E-state index contributed by atoms with van der Waals surface area (Å²) in [7, 11) is 0. The molecule has 0 heterocycles. The molecule has 1 aromatic rings. The molecule has 0 spiro atoms. The summed E-state index contributed by atoms with van der Waals surface area (Å²) in [6, 6.07) is 6.36. The van der Waals surface area contributed by atoms with Gasteiger partial charge >= 0.3 is 6.61 Å². The molecular weight excluding hydrogens is 238 g/mol. The van der Waals surface area contributed by atoms with Crippen LogP contribution in [0.1, 0.15) is 18.0 Å². The van der Waals surface area contributed by atoms with E-state index in [1.807, 2.05) is 0 Å². The van der Waals surface area contributed by atoms with Crippen LogP contribution in [-0.2, 0) is 0 Å². The van der Waals surface area contributed by atoms with Gasteiger partial charge in [0.15, 0.2) is 0 Å². The molecule has 1 aromatic carbocycles. The standard InChI is InChI=1S/C13H16F2N2O/c1-2-3-8-17-12(9-16)10-4-6-11(7-5-10)18-13(14)15/h1,4-7,12-13,17H,3,8-9,16H2. The number of hydrogen-bond acceptors (Lipinski definition) is 3. The van der Waals surface area contributed by atoms with E-state index < -0.39 is 6.61 Å². The first-order chi connectivity index (χ1) is 8.67. The predicted molar refractivity (Wildman–Crippen MR) is 66.3 cm³/mol. The van der Waals surface area contributed by atoms with Crippen LogP contribution >= 0.6 is 0 Å². The normalized spacial score (nSPS) is 12.2. The van der Waals surface area contributed by atoms with Crippen LogP contribution in [0.3, 0.4) is 0 Å². The molecule has 98 valence electrons. The summed E-state index contributed by atoms with van der Waals surface area (Å²) in [6.07, 6.45) is 5.77. The minimum Gasteiger partial charge on any atom is -0.435 e. The van der Waals surface area contributed by atoms with E-state index in [1.165, 1.54) is 12.1 Å². The van der Waals surface area contributed by atoms with E-state index in [1.54, 1.807) is 12.1 Å². The second-order valence-corrected chi connectivity index (χ2v) is 3.64. The SMILES string of the molecule is C#CCCNC(CN)c1ccc(OC(F)F)cc1. The fourth-order valence-corrected chi connectivity index (χ4v) is 1.54. The monoisotopic (exact) mass is 254 g/mol. The Bertz CT molecular complexity index is 387. The van der Waals surface area contributed by atoms with Gasteiger partial charge in [-0.05, 0) is 17.7 Å². The molecule has 3 nitrogen and oxygen atoms in total. The first-order valence-corrected chi connectivity index (χ1v) is 5.59. The summed E-state index contributed by atoms with van der Waals surface area (Å²) < 4.78 is 28.2. The number of ether oxygens (including phenoxy) is 1. The van der Waals surface area contributed by atoms with Crippen LogP contribution in [-0.4, -0.2) is 19.7 Å². The fourth-order valence-electron chi connectivity index (χ4n) is 1.54. The Balaban J connectivity index is 2.61. The van der Waals surface area contributed by atoms with E-state index in [2.05, 4.69) is 16.0 Å². The zero-order chi connectivity index (χ0) is 13.4.